The minimum Gasteiger partial charge on any atom is -0.497 e. The Hall–Kier alpha value is -2.08. The zero-order valence-corrected chi connectivity index (χ0v) is 14.8. The molecule has 0 aromatic heterocycles. The fourth-order valence-electron chi connectivity index (χ4n) is 3.17. The zero-order chi connectivity index (χ0) is 17.7. The SMILES string of the molecule is COc1ccc([C@H](CC(=O)N2C[C@@H](C)N[C@H](C)C2)NC(C)=O)cc1. The summed E-state index contributed by atoms with van der Waals surface area (Å²) in [6, 6.07) is 7.66. The molecule has 0 unspecified atom stereocenters. The van der Waals surface area contributed by atoms with Gasteiger partial charge in [-0.3, -0.25) is 9.59 Å². The van der Waals surface area contributed by atoms with Gasteiger partial charge in [-0.25, -0.2) is 0 Å². The van der Waals surface area contributed by atoms with Crippen LogP contribution in [0, 0.1) is 0 Å². The summed E-state index contributed by atoms with van der Waals surface area (Å²) in [6.07, 6.45) is 0.255. The van der Waals surface area contributed by atoms with Crippen molar-refractivity contribution in [3.8, 4) is 5.75 Å². The molecule has 1 aromatic rings. The molecule has 1 aromatic carbocycles. The van der Waals surface area contributed by atoms with Crippen LogP contribution in [0.2, 0.25) is 0 Å². The molecule has 1 aliphatic heterocycles. The van der Waals surface area contributed by atoms with Gasteiger partial charge in [0, 0.05) is 32.1 Å². The van der Waals surface area contributed by atoms with Gasteiger partial charge in [-0.05, 0) is 31.5 Å². The monoisotopic (exact) mass is 333 g/mol. The van der Waals surface area contributed by atoms with Gasteiger partial charge in [-0.15, -0.1) is 0 Å². The van der Waals surface area contributed by atoms with E-state index >= 15 is 0 Å². The molecule has 1 heterocycles. The molecule has 0 saturated carbocycles. The molecule has 2 amide bonds. The molecule has 0 bridgehead atoms. The lowest BCUT2D eigenvalue weighted by atomic mass is 10.0. The van der Waals surface area contributed by atoms with Crippen LogP contribution in [0.15, 0.2) is 24.3 Å². The molecule has 2 rings (SSSR count). The van der Waals surface area contributed by atoms with Gasteiger partial charge >= 0.3 is 0 Å². The minimum absolute atomic E-state index is 0.0600. The highest BCUT2D eigenvalue weighted by atomic mass is 16.5. The Labute approximate surface area is 143 Å². The van der Waals surface area contributed by atoms with Crippen LogP contribution in [0.1, 0.15) is 38.8 Å². The third kappa shape index (κ3) is 4.96. The Morgan fingerprint density at radius 3 is 2.33 bits per heavy atom. The first-order valence-corrected chi connectivity index (χ1v) is 8.34. The van der Waals surface area contributed by atoms with Crippen molar-refractivity contribution in [1.82, 2.24) is 15.5 Å². The quantitative estimate of drug-likeness (QED) is 0.856. The van der Waals surface area contributed by atoms with Crippen LogP contribution in [0.5, 0.6) is 5.75 Å². The summed E-state index contributed by atoms with van der Waals surface area (Å²) < 4.78 is 5.16. The highest BCUT2D eigenvalue weighted by molar-refractivity contribution is 5.79. The van der Waals surface area contributed by atoms with Crippen molar-refractivity contribution in [1.29, 1.82) is 0 Å². The van der Waals surface area contributed by atoms with Crippen molar-refractivity contribution in [2.75, 3.05) is 20.2 Å². The third-order valence-electron chi connectivity index (χ3n) is 4.18. The van der Waals surface area contributed by atoms with Crippen molar-refractivity contribution in [2.24, 2.45) is 0 Å². The molecule has 3 atom stereocenters. The average Bonchev–Trinajstić information content (AvgIpc) is 2.53. The number of nitrogens with zero attached hydrogens (tertiary/aromatic N) is 1. The van der Waals surface area contributed by atoms with Gasteiger partial charge in [-0.1, -0.05) is 12.1 Å². The average molecular weight is 333 g/mol. The van der Waals surface area contributed by atoms with E-state index in [2.05, 4.69) is 24.5 Å². The highest BCUT2D eigenvalue weighted by Gasteiger charge is 2.27. The summed E-state index contributed by atoms with van der Waals surface area (Å²) >= 11 is 0. The Morgan fingerprint density at radius 2 is 1.83 bits per heavy atom. The van der Waals surface area contributed by atoms with E-state index in [0.29, 0.717) is 13.1 Å². The third-order valence-corrected chi connectivity index (χ3v) is 4.18. The summed E-state index contributed by atoms with van der Waals surface area (Å²) in [4.78, 5) is 26.1. The number of carbonyl (C=O) groups is 2. The fourth-order valence-corrected chi connectivity index (χ4v) is 3.17. The van der Waals surface area contributed by atoms with E-state index in [4.69, 9.17) is 4.74 Å². The predicted octanol–water partition coefficient (Wildman–Crippen LogP) is 1.47. The van der Waals surface area contributed by atoms with Gasteiger partial charge in [0.2, 0.25) is 11.8 Å². The molecule has 1 aliphatic rings. The molecule has 0 spiro atoms. The lowest BCUT2D eigenvalue weighted by molar-refractivity contribution is -0.133. The van der Waals surface area contributed by atoms with Crippen molar-refractivity contribution in [3.05, 3.63) is 29.8 Å². The van der Waals surface area contributed by atoms with E-state index in [1.165, 1.54) is 6.92 Å². The first-order valence-electron chi connectivity index (χ1n) is 8.34. The van der Waals surface area contributed by atoms with E-state index in [1.807, 2.05) is 29.2 Å². The summed E-state index contributed by atoms with van der Waals surface area (Å²) in [5.74, 6) is 0.659. The summed E-state index contributed by atoms with van der Waals surface area (Å²) in [5, 5.41) is 6.30. The fraction of sp³-hybridized carbons (Fsp3) is 0.556. The first-order chi connectivity index (χ1) is 11.4. The number of benzene rings is 1. The zero-order valence-electron chi connectivity index (χ0n) is 14.8. The Morgan fingerprint density at radius 1 is 1.25 bits per heavy atom. The van der Waals surface area contributed by atoms with Crippen molar-refractivity contribution >= 4 is 11.8 Å². The van der Waals surface area contributed by atoms with Crippen LogP contribution >= 0.6 is 0 Å². The van der Waals surface area contributed by atoms with Gasteiger partial charge in [0.1, 0.15) is 5.75 Å². The number of rotatable bonds is 5. The number of hydrogen-bond acceptors (Lipinski definition) is 4. The van der Waals surface area contributed by atoms with E-state index < -0.39 is 0 Å². The highest BCUT2D eigenvalue weighted by Crippen LogP contribution is 2.22. The number of methoxy groups -OCH3 is 1. The first kappa shape index (κ1) is 18.3. The summed E-state index contributed by atoms with van der Waals surface area (Å²) in [7, 11) is 1.61. The molecule has 24 heavy (non-hydrogen) atoms. The number of amides is 2. The van der Waals surface area contributed by atoms with Crippen LogP contribution in [0.4, 0.5) is 0 Å². The molecular weight excluding hydrogens is 306 g/mol. The van der Waals surface area contributed by atoms with Gasteiger partial charge in [0.25, 0.3) is 0 Å². The van der Waals surface area contributed by atoms with E-state index in [-0.39, 0.29) is 36.4 Å². The second-order valence-electron chi connectivity index (χ2n) is 6.50. The van der Waals surface area contributed by atoms with Gasteiger partial charge in [-0.2, -0.15) is 0 Å². The second kappa shape index (κ2) is 8.15. The lowest BCUT2D eigenvalue weighted by Gasteiger charge is -2.37. The van der Waals surface area contributed by atoms with Crippen LogP contribution in [0.25, 0.3) is 0 Å². The van der Waals surface area contributed by atoms with Gasteiger partial charge < -0.3 is 20.3 Å². The molecule has 1 saturated heterocycles. The van der Waals surface area contributed by atoms with Crippen molar-refractivity contribution in [2.45, 2.75) is 45.3 Å². The van der Waals surface area contributed by atoms with Gasteiger partial charge in [0.05, 0.1) is 19.6 Å². The molecule has 2 N–H and O–H groups in total. The number of nitrogens with one attached hydrogen (secondary N) is 2. The molecule has 0 radical (unpaired) electrons. The van der Waals surface area contributed by atoms with Crippen molar-refractivity contribution in [3.63, 3.8) is 0 Å². The molecule has 6 heteroatoms. The standard InChI is InChI=1S/C18H27N3O3/c1-12-10-21(11-13(2)19-12)18(23)9-17(20-14(3)22)15-5-7-16(24-4)8-6-15/h5-8,12-13,17,19H,9-11H2,1-4H3,(H,20,22)/t12-,13-,17+/m1/s1. The number of carbonyl (C=O) groups excluding carboxylic acids is 2. The number of hydrogen-bond donors (Lipinski definition) is 2. The van der Waals surface area contributed by atoms with E-state index in [1.54, 1.807) is 7.11 Å². The van der Waals surface area contributed by atoms with Crippen molar-refractivity contribution < 1.29 is 14.3 Å². The predicted molar refractivity (Wildman–Crippen MR) is 92.8 cm³/mol. The Balaban J connectivity index is 2.09. The Kier molecular flexibility index (Phi) is 6.20. The van der Waals surface area contributed by atoms with E-state index in [0.717, 1.165) is 11.3 Å². The number of piperazine rings is 1. The Bertz CT molecular complexity index is 563. The summed E-state index contributed by atoms with van der Waals surface area (Å²) in [6.45, 7) is 7.00. The largest absolute Gasteiger partial charge is 0.497 e. The topological polar surface area (TPSA) is 70.7 Å². The van der Waals surface area contributed by atoms with Crippen LogP contribution in [-0.2, 0) is 9.59 Å². The van der Waals surface area contributed by atoms with Crippen LogP contribution in [0.3, 0.4) is 0 Å². The molecule has 132 valence electrons. The molecular formula is C18H27N3O3. The normalized spacial score (nSPS) is 21.9. The van der Waals surface area contributed by atoms with E-state index in [9.17, 15) is 9.59 Å². The molecule has 6 nitrogen and oxygen atoms in total. The van der Waals surface area contributed by atoms with Crippen LogP contribution < -0.4 is 15.4 Å². The second-order valence-corrected chi connectivity index (χ2v) is 6.50. The number of ether oxygens (including phenoxy) is 1. The van der Waals surface area contributed by atoms with Gasteiger partial charge in [0.15, 0.2) is 0 Å². The smallest absolute Gasteiger partial charge is 0.225 e. The lowest BCUT2D eigenvalue weighted by Crippen LogP contribution is -2.56. The molecule has 1 fully saturated rings. The maximum Gasteiger partial charge on any atom is 0.225 e. The maximum absolute atomic E-state index is 12.7. The maximum atomic E-state index is 12.7. The molecule has 0 aliphatic carbocycles. The summed E-state index contributed by atoms with van der Waals surface area (Å²) in [5.41, 5.74) is 0.899. The minimum atomic E-state index is -0.332. The van der Waals surface area contributed by atoms with Crippen LogP contribution in [-0.4, -0.2) is 49.0 Å².